The molecule has 3 aromatic rings. The van der Waals surface area contributed by atoms with Crippen LogP contribution < -0.4 is 9.64 Å². The van der Waals surface area contributed by atoms with Gasteiger partial charge < -0.3 is 14.2 Å². The van der Waals surface area contributed by atoms with Crippen molar-refractivity contribution in [2.45, 2.75) is 0 Å². The molecule has 0 aliphatic heterocycles. The highest BCUT2D eigenvalue weighted by Gasteiger charge is 2.08. The van der Waals surface area contributed by atoms with Crippen molar-refractivity contribution >= 4 is 22.5 Å². The van der Waals surface area contributed by atoms with E-state index in [2.05, 4.69) is 9.97 Å². The van der Waals surface area contributed by atoms with Crippen molar-refractivity contribution in [2.75, 3.05) is 19.1 Å². The van der Waals surface area contributed by atoms with Gasteiger partial charge in [-0.2, -0.15) is 0 Å². The van der Waals surface area contributed by atoms with Crippen molar-refractivity contribution in [3.63, 3.8) is 0 Å². The lowest BCUT2D eigenvalue weighted by Crippen LogP contribution is -2.11. The molecule has 0 radical (unpaired) electrons. The summed E-state index contributed by atoms with van der Waals surface area (Å²) in [6.07, 6.45) is 3.59. The number of anilines is 2. The summed E-state index contributed by atoms with van der Waals surface area (Å²) in [5, 5.41) is 0. The van der Waals surface area contributed by atoms with Crippen molar-refractivity contribution in [3.05, 3.63) is 42.9 Å². The van der Waals surface area contributed by atoms with Crippen LogP contribution in [0.15, 0.2) is 42.9 Å². The number of methoxy groups -OCH3 is 1. The Bertz CT molecular complexity index is 733. The van der Waals surface area contributed by atoms with E-state index < -0.39 is 0 Å². The van der Waals surface area contributed by atoms with E-state index in [0.29, 0.717) is 0 Å². The molecule has 1 aromatic carbocycles. The highest BCUT2D eigenvalue weighted by Crippen LogP contribution is 2.25. The van der Waals surface area contributed by atoms with Crippen LogP contribution in [0.5, 0.6) is 5.75 Å². The van der Waals surface area contributed by atoms with E-state index >= 15 is 0 Å². The molecule has 5 heteroatoms. The first-order valence-electron chi connectivity index (χ1n) is 6.34. The van der Waals surface area contributed by atoms with E-state index in [4.69, 9.17) is 4.74 Å². The van der Waals surface area contributed by atoms with Crippen molar-refractivity contribution in [3.8, 4) is 5.75 Å². The number of aromatic nitrogens is 3. The quantitative estimate of drug-likeness (QED) is 0.732. The Morgan fingerprint density at radius 1 is 1.15 bits per heavy atom. The third kappa shape index (κ3) is 2.07. The second-order valence-electron chi connectivity index (χ2n) is 4.64. The monoisotopic (exact) mass is 268 g/mol. The van der Waals surface area contributed by atoms with Crippen LogP contribution in [-0.4, -0.2) is 28.7 Å². The van der Waals surface area contributed by atoms with Crippen LogP contribution in [0.25, 0.3) is 11.0 Å². The number of benzene rings is 1. The Kier molecular flexibility index (Phi) is 3.02. The molecule has 2 heterocycles. The van der Waals surface area contributed by atoms with Gasteiger partial charge in [-0.25, -0.2) is 9.97 Å². The molecule has 0 bridgehead atoms. The van der Waals surface area contributed by atoms with E-state index in [-0.39, 0.29) is 0 Å². The van der Waals surface area contributed by atoms with Crippen LogP contribution in [0.4, 0.5) is 11.5 Å². The predicted octanol–water partition coefficient (Wildman–Crippen LogP) is 2.74. The van der Waals surface area contributed by atoms with Crippen LogP contribution in [0.3, 0.4) is 0 Å². The Balaban J connectivity index is 1.97. The van der Waals surface area contributed by atoms with Gasteiger partial charge in [0.25, 0.3) is 0 Å². The standard InChI is InChI=1S/C15H16N4O/c1-18-10-17-13-9-16-15(8-14(13)18)19(2)11-4-6-12(20-3)7-5-11/h4-10H,1-3H3. The molecule has 0 fully saturated rings. The number of nitrogens with zero attached hydrogens (tertiary/aromatic N) is 4. The third-order valence-corrected chi connectivity index (χ3v) is 3.40. The SMILES string of the molecule is COc1ccc(N(C)c2cc3c(cn2)ncn3C)cc1. The molecule has 2 aromatic heterocycles. The molecule has 0 amide bonds. The fourth-order valence-corrected chi connectivity index (χ4v) is 2.14. The highest BCUT2D eigenvalue weighted by molar-refractivity contribution is 5.78. The summed E-state index contributed by atoms with van der Waals surface area (Å²) in [6.45, 7) is 0. The minimum Gasteiger partial charge on any atom is -0.497 e. The average Bonchev–Trinajstić information content (AvgIpc) is 2.87. The number of ether oxygens (including phenoxy) is 1. The largest absolute Gasteiger partial charge is 0.497 e. The van der Waals surface area contributed by atoms with Gasteiger partial charge in [0.1, 0.15) is 17.1 Å². The lowest BCUT2D eigenvalue weighted by molar-refractivity contribution is 0.415. The zero-order chi connectivity index (χ0) is 14.1. The number of hydrogen-bond donors (Lipinski definition) is 0. The molecular formula is C15H16N4O. The van der Waals surface area contributed by atoms with Gasteiger partial charge >= 0.3 is 0 Å². The molecule has 102 valence electrons. The fourth-order valence-electron chi connectivity index (χ4n) is 2.14. The first-order valence-corrected chi connectivity index (χ1v) is 6.34. The number of fused-ring (bicyclic) bond motifs is 1. The van der Waals surface area contributed by atoms with E-state index in [1.807, 2.05) is 53.9 Å². The van der Waals surface area contributed by atoms with Crippen molar-refractivity contribution < 1.29 is 4.74 Å². The summed E-state index contributed by atoms with van der Waals surface area (Å²) in [5.74, 6) is 1.73. The molecule has 0 saturated heterocycles. The molecular weight excluding hydrogens is 252 g/mol. The number of aryl methyl sites for hydroxylation is 1. The molecule has 5 nitrogen and oxygen atoms in total. The Labute approximate surface area is 117 Å². The van der Waals surface area contributed by atoms with E-state index in [1.165, 1.54) is 0 Å². The van der Waals surface area contributed by atoms with Gasteiger partial charge in [0.2, 0.25) is 0 Å². The number of hydrogen-bond acceptors (Lipinski definition) is 4. The summed E-state index contributed by atoms with van der Waals surface area (Å²) < 4.78 is 7.16. The minimum atomic E-state index is 0.845. The summed E-state index contributed by atoms with van der Waals surface area (Å²) in [4.78, 5) is 10.8. The summed E-state index contributed by atoms with van der Waals surface area (Å²) in [5.41, 5.74) is 3.02. The maximum absolute atomic E-state index is 5.17. The first kappa shape index (κ1) is 12.5. The maximum Gasteiger partial charge on any atom is 0.134 e. The molecule has 20 heavy (non-hydrogen) atoms. The van der Waals surface area contributed by atoms with Crippen LogP contribution in [0.1, 0.15) is 0 Å². The zero-order valence-corrected chi connectivity index (χ0v) is 11.7. The van der Waals surface area contributed by atoms with E-state index in [9.17, 15) is 0 Å². The van der Waals surface area contributed by atoms with Crippen molar-refractivity contribution in [2.24, 2.45) is 7.05 Å². The fraction of sp³-hybridized carbons (Fsp3) is 0.200. The van der Waals surface area contributed by atoms with Gasteiger partial charge in [-0.15, -0.1) is 0 Å². The van der Waals surface area contributed by atoms with Gasteiger partial charge in [-0.3, -0.25) is 0 Å². The number of pyridine rings is 1. The van der Waals surface area contributed by atoms with Crippen molar-refractivity contribution in [1.29, 1.82) is 0 Å². The molecule has 0 N–H and O–H groups in total. The second kappa shape index (κ2) is 4.85. The maximum atomic E-state index is 5.17. The predicted molar refractivity (Wildman–Crippen MR) is 79.6 cm³/mol. The average molecular weight is 268 g/mol. The highest BCUT2D eigenvalue weighted by atomic mass is 16.5. The van der Waals surface area contributed by atoms with Crippen molar-refractivity contribution in [1.82, 2.24) is 14.5 Å². The molecule has 0 spiro atoms. The topological polar surface area (TPSA) is 43.2 Å². The lowest BCUT2D eigenvalue weighted by atomic mass is 10.2. The minimum absolute atomic E-state index is 0.845. The Morgan fingerprint density at radius 2 is 1.90 bits per heavy atom. The van der Waals surface area contributed by atoms with E-state index in [0.717, 1.165) is 28.3 Å². The Morgan fingerprint density at radius 3 is 2.60 bits per heavy atom. The van der Waals surface area contributed by atoms with Crippen LogP contribution in [0, 0.1) is 0 Å². The van der Waals surface area contributed by atoms with E-state index in [1.54, 1.807) is 19.6 Å². The molecule has 0 unspecified atom stereocenters. The summed E-state index contributed by atoms with van der Waals surface area (Å²) in [7, 11) is 5.63. The molecule has 0 atom stereocenters. The van der Waals surface area contributed by atoms with Crippen LogP contribution in [0.2, 0.25) is 0 Å². The number of imidazole rings is 1. The number of rotatable bonds is 3. The van der Waals surface area contributed by atoms with Gasteiger partial charge in [-0.05, 0) is 24.3 Å². The summed E-state index contributed by atoms with van der Waals surface area (Å²) >= 11 is 0. The van der Waals surface area contributed by atoms with Crippen LogP contribution in [-0.2, 0) is 7.05 Å². The van der Waals surface area contributed by atoms with Gasteiger partial charge in [-0.1, -0.05) is 0 Å². The molecule has 0 saturated carbocycles. The molecule has 0 aliphatic carbocycles. The first-order chi connectivity index (χ1) is 9.69. The van der Waals surface area contributed by atoms with Gasteiger partial charge in [0.05, 0.1) is 25.2 Å². The third-order valence-electron chi connectivity index (χ3n) is 3.40. The lowest BCUT2D eigenvalue weighted by Gasteiger charge is -2.18. The smallest absolute Gasteiger partial charge is 0.134 e. The second-order valence-corrected chi connectivity index (χ2v) is 4.64. The molecule has 0 aliphatic rings. The van der Waals surface area contributed by atoms with Gasteiger partial charge in [0, 0.05) is 25.8 Å². The zero-order valence-electron chi connectivity index (χ0n) is 11.7. The van der Waals surface area contributed by atoms with Crippen LogP contribution >= 0.6 is 0 Å². The Hall–Kier alpha value is -2.56. The summed E-state index contributed by atoms with van der Waals surface area (Å²) in [6, 6.07) is 9.93. The van der Waals surface area contributed by atoms with Gasteiger partial charge in [0.15, 0.2) is 0 Å². The molecule has 3 rings (SSSR count). The normalized spacial score (nSPS) is 10.8.